The van der Waals surface area contributed by atoms with Gasteiger partial charge in [0.2, 0.25) is 0 Å². The van der Waals surface area contributed by atoms with E-state index in [1.54, 1.807) is 29.0 Å². The highest BCUT2D eigenvalue weighted by Gasteiger charge is 2.10. The third-order valence-corrected chi connectivity index (χ3v) is 4.45. The molecule has 20 heavy (non-hydrogen) atoms. The molecule has 6 heteroatoms. The molecule has 1 aromatic heterocycles. The lowest BCUT2D eigenvalue weighted by Crippen LogP contribution is -2.12. The van der Waals surface area contributed by atoms with Crippen LogP contribution in [0, 0.1) is 0 Å². The Morgan fingerprint density at radius 3 is 2.90 bits per heavy atom. The fourth-order valence-electron chi connectivity index (χ4n) is 1.83. The Bertz CT molecular complexity index is 801. The van der Waals surface area contributed by atoms with E-state index >= 15 is 0 Å². The molecule has 0 radical (unpaired) electrons. The maximum absolute atomic E-state index is 12.2. The fraction of sp³-hybridized carbons (Fsp3) is 0. The summed E-state index contributed by atoms with van der Waals surface area (Å²) in [6.07, 6.45) is 0. The summed E-state index contributed by atoms with van der Waals surface area (Å²) in [7, 11) is 0. The molecule has 0 unspecified atom stereocenters. The third-order valence-electron chi connectivity index (χ3n) is 2.79. The molecule has 0 fully saturated rings. The minimum Gasteiger partial charge on any atom is -0.322 e. The Morgan fingerprint density at radius 2 is 2.10 bits per heavy atom. The van der Waals surface area contributed by atoms with Crippen LogP contribution in [0.25, 0.3) is 10.2 Å². The van der Waals surface area contributed by atoms with Crippen molar-refractivity contribution in [3.63, 3.8) is 0 Å². The van der Waals surface area contributed by atoms with Gasteiger partial charge in [-0.15, -0.1) is 24.0 Å². The van der Waals surface area contributed by atoms with Crippen LogP contribution in [0.4, 0.5) is 5.69 Å². The Morgan fingerprint density at radius 1 is 1.25 bits per heavy atom. The molecule has 0 aliphatic rings. The largest absolute Gasteiger partial charge is 0.322 e. The smallest absolute Gasteiger partial charge is 0.256 e. The quantitative estimate of drug-likeness (QED) is 0.652. The van der Waals surface area contributed by atoms with Crippen molar-refractivity contribution in [1.82, 2.24) is 4.98 Å². The lowest BCUT2D eigenvalue weighted by atomic mass is 10.2. The number of carbonyl (C=O) groups excluding carboxylic acids is 1. The van der Waals surface area contributed by atoms with E-state index in [1.807, 2.05) is 24.3 Å². The zero-order valence-electron chi connectivity index (χ0n) is 10.1. The normalized spacial score (nSPS) is 10.7. The molecule has 3 aromatic rings. The second-order valence-corrected chi connectivity index (χ2v) is 6.43. The van der Waals surface area contributed by atoms with E-state index in [2.05, 4.69) is 38.9 Å². The summed E-state index contributed by atoms with van der Waals surface area (Å²) in [4.78, 5) is 17.1. The molecule has 2 aromatic carbocycles. The predicted octanol–water partition coefficient (Wildman–Crippen LogP) is 4.60. The van der Waals surface area contributed by atoms with Crippen molar-refractivity contribution in [2.75, 3.05) is 5.32 Å². The zero-order chi connectivity index (χ0) is 14.1. The highest BCUT2D eigenvalue weighted by Crippen LogP contribution is 2.24. The van der Waals surface area contributed by atoms with Crippen LogP contribution in [0.2, 0.25) is 0 Å². The molecule has 1 amide bonds. The lowest BCUT2D eigenvalue weighted by Gasteiger charge is -2.07. The van der Waals surface area contributed by atoms with Crippen molar-refractivity contribution in [3.05, 3.63) is 51.9 Å². The van der Waals surface area contributed by atoms with Gasteiger partial charge in [0.1, 0.15) is 0 Å². The van der Waals surface area contributed by atoms with Gasteiger partial charge in [-0.05, 0) is 36.4 Å². The maximum atomic E-state index is 12.2. The van der Waals surface area contributed by atoms with Crippen LogP contribution in [-0.2, 0) is 0 Å². The summed E-state index contributed by atoms with van der Waals surface area (Å²) in [6.45, 7) is 0. The summed E-state index contributed by atoms with van der Waals surface area (Å²) in [5.41, 5.74) is 4.02. The van der Waals surface area contributed by atoms with Gasteiger partial charge >= 0.3 is 0 Å². The highest BCUT2D eigenvalue weighted by molar-refractivity contribution is 9.10. The topological polar surface area (TPSA) is 42.0 Å². The van der Waals surface area contributed by atoms with Crippen molar-refractivity contribution in [3.8, 4) is 0 Å². The molecule has 3 nitrogen and oxygen atoms in total. The van der Waals surface area contributed by atoms with E-state index in [0.29, 0.717) is 10.5 Å². The molecule has 0 aliphatic carbocycles. The minimum atomic E-state index is -0.175. The Balaban J connectivity index is 1.87. The summed E-state index contributed by atoms with van der Waals surface area (Å²) < 4.78 is 1.94. The number of thiazole rings is 1. The first kappa shape index (κ1) is 13.6. The van der Waals surface area contributed by atoms with E-state index in [0.717, 1.165) is 20.4 Å². The number of fused-ring (bicyclic) bond motifs is 1. The number of amides is 1. The highest BCUT2D eigenvalue weighted by atomic mass is 79.9. The molecule has 100 valence electrons. The molecular formula is C14H9BrN2OS2. The number of benzene rings is 2. The molecule has 3 rings (SSSR count). The van der Waals surface area contributed by atoms with Crippen LogP contribution in [0.3, 0.4) is 0 Å². The monoisotopic (exact) mass is 364 g/mol. The first-order valence-corrected chi connectivity index (χ1v) is 7.88. The van der Waals surface area contributed by atoms with E-state index in [1.165, 1.54) is 0 Å². The molecule has 0 atom stereocenters. The third kappa shape index (κ3) is 2.72. The van der Waals surface area contributed by atoms with Gasteiger partial charge in [0.15, 0.2) is 0 Å². The first-order chi connectivity index (χ1) is 9.63. The van der Waals surface area contributed by atoms with E-state index in [-0.39, 0.29) is 5.91 Å². The molecule has 0 saturated heterocycles. The number of nitrogens with zero attached hydrogens (tertiary/aromatic N) is 1. The first-order valence-electron chi connectivity index (χ1n) is 5.76. The number of aromatic nitrogens is 1. The number of thiol groups is 1. The molecule has 0 saturated carbocycles. The van der Waals surface area contributed by atoms with E-state index in [9.17, 15) is 4.79 Å². The van der Waals surface area contributed by atoms with Crippen molar-refractivity contribution in [2.45, 2.75) is 4.90 Å². The maximum Gasteiger partial charge on any atom is 0.256 e. The van der Waals surface area contributed by atoms with Gasteiger partial charge < -0.3 is 5.32 Å². The molecule has 1 heterocycles. The number of halogens is 1. The van der Waals surface area contributed by atoms with Crippen LogP contribution in [0.15, 0.2) is 51.3 Å². The van der Waals surface area contributed by atoms with Gasteiger partial charge in [0, 0.05) is 15.1 Å². The standard InChI is InChI=1S/C14H9BrN2OS2/c15-8-1-3-10(12(19)5-8)14(18)17-9-2-4-11-13(6-9)20-7-16-11/h1-7,19H,(H,17,18). The van der Waals surface area contributed by atoms with Crippen molar-refractivity contribution >= 4 is 61.7 Å². The molecule has 0 spiro atoms. The van der Waals surface area contributed by atoms with Gasteiger partial charge in [-0.3, -0.25) is 4.79 Å². The summed E-state index contributed by atoms with van der Waals surface area (Å²) in [5.74, 6) is -0.175. The number of carbonyl (C=O) groups is 1. The molecule has 0 aliphatic heterocycles. The second-order valence-electron chi connectivity index (χ2n) is 4.15. The molecule has 0 bridgehead atoms. The predicted molar refractivity (Wildman–Crippen MR) is 89.0 cm³/mol. The zero-order valence-corrected chi connectivity index (χ0v) is 13.4. The number of hydrogen-bond donors (Lipinski definition) is 2. The summed E-state index contributed by atoms with van der Waals surface area (Å²) in [6, 6.07) is 11.0. The summed E-state index contributed by atoms with van der Waals surface area (Å²) >= 11 is 9.22. The SMILES string of the molecule is O=C(Nc1ccc2ncsc2c1)c1ccc(Br)cc1S. The average molecular weight is 365 g/mol. The van der Waals surface area contributed by atoms with E-state index < -0.39 is 0 Å². The van der Waals surface area contributed by atoms with Crippen LogP contribution in [-0.4, -0.2) is 10.9 Å². The van der Waals surface area contributed by atoms with Crippen LogP contribution >= 0.6 is 39.9 Å². The minimum absolute atomic E-state index is 0.175. The van der Waals surface area contributed by atoms with Crippen molar-refractivity contribution in [1.29, 1.82) is 0 Å². The van der Waals surface area contributed by atoms with Gasteiger partial charge in [0.05, 0.1) is 21.3 Å². The second kappa shape index (κ2) is 5.55. The van der Waals surface area contributed by atoms with Crippen LogP contribution in [0.5, 0.6) is 0 Å². The Labute approximate surface area is 133 Å². The van der Waals surface area contributed by atoms with Gasteiger partial charge in [0.25, 0.3) is 5.91 Å². The number of hydrogen-bond acceptors (Lipinski definition) is 4. The van der Waals surface area contributed by atoms with Gasteiger partial charge in [-0.1, -0.05) is 15.9 Å². The lowest BCUT2D eigenvalue weighted by molar-refractivity contribution is 0.102. The van der Waals surface area contributed by atoms with Crippen molar-refractivity contribution < 1.29 is 4.79 Å². The van der Waals surface area contributed by atoms with E-state index in [4.69, 9.17) is 0 Å². The van der Waals surface area contributed by atoms with Crippen LogP contribution in [0.1, 0.15) is 10.4 Å². The Hall–Kier alpha value is -1.37. The number of anilines is 1. The van der Waals surface area contributed by atoms with Crippen molar-refractivity contribution in [2.24, 2.45) is 0 Å². The van der Waals surface area contributed by atoms with Gasteiger partial charge in [-0.2, -0.15) is 0 Å². The number of nitrogens with one attached hydrogen (secondary N) is 1. The average Bonchev–Trinajstić information content (AvgIpc) is 2.85. The fourth-order valence-corrected chi connectivity index (χ4v) is 3.40. The van der Waals surface area contributed by atoms with Crippen LogP contribution < -0.4 is 5.32 Å². The van der Waals surface area contributed by atoms with Gasteiger partial charge in [-0.25, -0.2) is 4.98 Å². The molecular weight excluding hydrogens is 356 g/mol. The Kier molecular flexibility index (Phi) is 3.78. The summed E-state index contributed by atoms with van der Waals surface area (Å²) in [5, 5.41) is 2.88. The molecule has 1 N–H and O–H groups in total. The number of rotatable bonds is 2.